The van der Waals surface area contributed by atoms with Crippen molar-refractivity contribution in [2.45, 2.75) is 88.4 Å². The first-order valence-electron chi connectivity index (χ1n) is 17.1. The summed E-state index contributed by atoms with van der Waals surface area (Å²) >= 11 is 0. The third kappa shape index (κ3) is 11.9. The maximum atomic E-state index is 14.0. The van der Waals surface area contributed by atoms with Crippen LogP contribution in [0.5, 0.6) is 0 Å². The van der Waals surface area contributed by atoms with Crippen molar-refractivity contribution in [2.75, 3.05) is 6.54 Å². The van der Waals surface area contributed by atoms with Gasteiger partial charge in [-0.05, 0) is 48.4 Å². The lowest BCUT2D eigenvalue weighted by atomic mass is 9.84. The minimum Gasteiger partial charge on any atom is -0.368 e. The molecule has 1 fully saturated rings. The Morgan fingerprint density at radius 2 is 1.26 bits per heavy atom. The van der Waals surface area contributed by atoms with Crippen LogP contribution in [0, 0.1) is 17.2 Å². The van der Waals surface area contributed by atoms with Crippen LogP contribution in [0.1, 0.15) is 68.1 Å². The Balaban J connectivity index is 1.66. The van der Waals surface area contributed by atoms with Crippen molar-refractivity contribution in [3.05, 3.63) is 83.4 Å². The van der Waals surface area contributed by atoms with Crippen molar-refractivity contribution in [1.82, 2.24) is 26.6 Å². The molecule has 13 heteroatoms. The van der Waals surface area contributed by atoms with Gasteiger partial charge >= 0.3 is 0 Å². The van der Waals surface area contributed by atoms with Crippen LogP contribution in [0.25, 0.3) is 0 Å². The largest absolute Gasteiger partial charge is 0.368 e. The Labute approximate surface area is 291 Å². The summed E-state index contributed by atoms with van der Waals surface area (Å²) in [4.78, 5) is 79.2. The molecule has 0 bridgehead atoms. The van der Waals surface area contributed by atoms with Crippen molar-refractivity contribution in [3.63, 3.8) is 0 Å². The average molecular weight is 684 g/mol. The van der Waals surface area contributed by atoms with Crippen LogP contribution >= 0.6 is 0 Å². The lowest BCUT2D eigenvalue weighted by molar-refractivity contribution is -0.133. The predicted molar refractivity (Wildman–Crippen MR) is 184 cm³/mol. The highest BCUT2D eigenvalue weighted by Crippen LogP contribution is 2.27. The molecule has 1 aliphatic carbocycles. The number of benzene rings is 2. The second-order valence-corrected chi connectivity index (χ2v) is 12.9. The second kappa shape index (κ2) is 18.9. The van der Waals surface area contributed by atoms with E-state index in [9.17, 15) is 34.0 Å². The molecule has 1 aliphatic heterocycles. The lowest BCUT2D eigenvalue weighted by Crippen LogP contribution is -2.58. The lowest BCUT2D eigenvalue weighted by Gasteiger charge is -2.28. The molecule has 2 aromatic carbocycles. The number of carbonyl (C=O) groups excluding carboxylic acids is 6. The Morgan fingerprint density at radius 1 is 0.680 bits per heavy atom. The minimum absolute atomic E-state index is 0.0846. The molecule has 0 radical (unpaired) electrons. The van der Waals surface area contributed by atoms with Crippen LogP contribution in [-0.2, 0) is 41.6 Å². The van der Waals surface area contributed by atoms with Gasteiger partial charge in [-0.25, -0.2) is 0 Å². The molecule has 50 heavy (non-hydrogen) atoms. The van der Waals surface area contributed by atoms with Gasteiger partial charge in [0, 0.05) is 31.5 Å². The number of nitriles is 1. The van der Waals surface area contributed by atoms with E-state index in [4.69, 9.17) is 5.73 Å². The maximum Gasteiger partial charge on any atom is 0.244 e. The van der Waals surface area contributed by atoms with E-state index in [0.29, 0.717) is 17.5 Å². The summed E-state index contributed by atoms with van der Waals surface area (Å²) < 4.78 is 0. The van der Waals surface area contributed by atoms with Gasteiger partial charge in [-0.15, -0.1) is 0 Å². The molecule has 7 N–H and O–H groups in total. The van der Waals surface area contributed by atoms with Crippen molar-refractivity contribution in [3.8, 4) is 6.07 Å². The quantitative estimate of drug-likeness (QED) is 0.251. The van der Waals surface area contributed by atoms with Gasteiger partial charge in [0.05, 0.1) is 11.6 Å². The SMILES string of the molecule is N#Cc1ccc(C[C@@H]2NC(=O)[C@H](Cc3ccccc3)NC(=O)[C@H](CC3CCCCC3)NC(=O)/C=C/C(=O)N[C@H](C(N)=O)CCCNC2=O)cc1. The number of rotatable bonds is 7. The summed E-state index contributed by atoms with van der Waals surface area (Å²) in [6.07, 6.45) is 7.77. The molecule has 264 valence electrons. The van der Waals surface area contributed by atoms with Gasteiger partial charge in [0.2, 0.25) is 35.4 Å². The van der Waals surface area contributed by atoms with Crippen LogP contribution in [-0.4, -0.2) is 66.2 Å². The first kappa shape index (κ1) is 37.3. The Hall–Kier alpha value is -5.51. The third-order valence-corrected chi connectivity index (χ3v) is 9.01. The van der Waals surface area contributed by atoms with E-state index >= 15 is 0 Å². The fourth-order valence-electron chi connectivity index (χ4n) is 6.27. The minimum atomic E-state index is -1.10. The molecule has 6 amide bonds. The highest BCUT2D eigenvalue weighted by molar-refractivity contribution is 6.00. The average Bonchev–Trinajstić information content (AvgIpc) is 3.11. The van der Waals surface area contributed by atoms with Gasteiger partial charge in [-0.2, -0.15) is 5.26 Å². The number of hydrogen-bond acceptors (Lipinski definition) is 7. The van der Waals surface area contributed by atoms with Gasteiger partial charge in [-0.3, -0.25) is 28.8 Å². The highest BCUT2D eigenvalue weighted by Gasteiger charge is 2.32. The molecule has 2 aromatic rings. The molecule has 4 rings (SSSR count). The molecule has 0 aromatic heterocycles. The van der Waals surface area contributed by atoms with Gasteiger partial charge < -0.3 is 32.3 Å². The van der Waals surface area contributed by atoms with Crippen LogP contribution in [0.4, 0.5) is 0 Å². The molecule has 13 nitrogen and oxygen atoms in total. The van der Waals surface area contributed by atoms with Crippen molar-refractivity contribution < 1.29 is 28.8 Å². The number of nitrogens with two attached hydrogens (primary N) is 1. The van der Waals surface area contributed by atoms with Crippen molar-refractivity contribution in [2.24, 2.45) is 11.7 Å². The molecule has 0 saturated heterocycles. The topological polar surface area (TPSA) is 212 Å². The Bertz CT molecular complexity index is 1580. The van der Waals surface area contributed by atoms with Crippen LogP contribution in [0.15, 0.2) is 66.7 Å². The Morgan fingerprint density at radius 3 is 1.88 bits per heavy atom. The highest BCUT2D eigenvalue weighted by atomic mass is 16.2. The number of nitrogens with zero attached hydrogens (tertiary/aromatic N) is 1. The van der Waals surface area contributed by atoms with Gasteiger partial charge in [0.25, 0.3) is 0 Å². The van der Waals surface area contributed by atoms with E-state index in [0.717, 1.165) is 49.8 Å². The van der Waals surface area contributed by atoms with Crippen molar-refractivity contribution in [1.29, 1.82) is 5.26 Å². The van der Waals surface area contributed by atoms with E-state index in [-0.39, 0.29) is 38.1 Å². The zero-order valence-corrected chi connectivity index (χ0v) is 28.0. The fourth-order valence-corrected chi connectivity index (χ4v) is 6.27. The zero-order chi connectivity index (χ0) is 35.9. The van der Waals surface area contributed by atoms with Crippen LogP contribution < -0.4 is 32.3 Å². The standard InChI is InChI=1S/C37H45N7O6/c38-23-27-15-13-26(14-16-27)22-29-35(48)40-19-7-12-28(34(39)47)41-32(45)17-18-33(46)42-30(20-24-8-3-1-4-9-24)36(49)44-31(37(50)43-29)21-25-10-5-2-6-11-25/h2,5-6,10-11,13-18,24,28-31H,1,3-4,7-9,12,19-22H2,(H2,39,47)(H,40,48)(H,41,45)(H,42,46)(H,43,50)(H,44,49)/b18-17+/t28-,29-,30-,31-/m0/s1. The second-order valence-electron chi connectivity index (χ2n) is 12.9. The number of amides is 6. The summed E-state index contributed by atoms with van der Waals surface area (Å²) in [7, 11) is 0. The molecule has 1 heterocycles. The van der Waals surface area contributed by atoms with E-state index in [1.54, 1.807) is 24.3 Å². The summed E-state index contributed by atoms with van der Waals surface area (Å²) in [5, 5.41) is 22.9. The normalized spacial score (nSPS) is 24.0. The van der Waals surface area contributed by atoms with Crippen LogP contribution in [0.3, 0.4) is 0 Å². The number of hydrogen-bond donors (Lipinski definition) is 6. The first-order valence-corrected chi connectivity index (χ1v) is 17.1. The van der Waals surface area contributed by atoms with E-state index in [2.05, 4.69) is 32.7 Å². The van der Waals surface area contributed by atoms with Gasteiger partial charge in [0.15, 0.2) is 0 Å². The third-order valence-electron chi connectivity index (χ3n) is 9.01. The predicted octanol–water partition coefficient (Wildman–Crippen LogP) is 1.20. The smallest absolute Gasteiger partial charge is 0.244 e. The molecule has 0 unspecified atom stereocenters. The van der Waals surface area contributed by atoms with Gasteiger partial charge in [-0.1, -0.05) is 74.6 Å². The summed E-state index contributed by atoms with van der Waals surface area (Å²) in [5.41, 5.74) is 7.39. The summed E-state index contributed by atoms with van der Waals surface area (Å²) in [6.45, 7) is 0.101. The number of primary amides is 1. The van der Waals surface area contributed by atoms with Crippen molar-refractivity contribution >= 4 is 35.4 Å². The molecular weight excluding hydrogens is 638 g/mol. The maximum absolute atomic E-state index is 14.0. The summed E-state index contributed by atoms with van der Waals surface area (Å²) in [6, 6.07) is 13.5. The van der Waals surface area contributed by atoms with E-state index in [1.807, 2.05) is 30.3 Å². The molecule has 2 aliphatic rings. The number of nitrogens with one attached hydrogen (secondary N) is 5. The van der Waals surface area contributed by atoms with E-state index < -0.39 is 59.6 Å². The first-order chi connectivity index (χ1) is 24.1. The molecular formula is C37H45N7O6. The van der Waals surface area contributed by atoms with Crippen LogP contribution in [0.2, 0.25) is 0 Å². The molecule has 0 spiro atoms. The molecule has 4 atom stereocenters. The monoisotopic (exact) mass is 683 g/mol. The summed E-state index contributed by atoms with van der Waals surface area (Å²) in [5.74, 6) is -3.70. The van der Waals surface area contributed by atoms with E-state index in [1.165, 1.54) is 0 Å². The fraction of sp³-hybridized carbons (Fsp3) is 0.432. The number of carbonyl (C=O) groups is 6. The zero-order valence-electron chi connectivity index (χ0n) is 28.0. The van der Waals surface area contributed by atoms with Gasteiger partial charge in [0.1, 0.15) is 24.2 Å². The Kier molecular flexibility index (Phi) is 14.1. The molecule has 1 saturated carbocycles.